The van der Waals surface area contributed by atoms with Crippen LogP contribution in [0.15, 0.2) is 0 Å². The predicted molar refractivity (Wildman–Crippen MR) is 39.2 cm³/mol. The van der Waals surface area contributed by atoms with Crippen molar-refractivity contribution < 1.29 is 9.47 Å². The summed E-state index contributed by atoms with van der Waals surface area (Å²) >= 11 is 2.25. The predicted octanol–water partition coefficient (Wildman–Crippen LogP) is 1.18. The van der Waals surface area contributed by atoms with E-state index in [1.54, 1.807) is 7.11 Å². The minimum absolute atomic E-state index is 0.276. The van der Waals surface area contributed by atoms with Crippen molar-refractivity contribution in [2.75, 3.05) is 13.7 Å². The highest BCUT2D eigenvalue weighted by Crippen LogP contribution is 2.21. The molecular weight excluding hydrogens is 219 g/mol. The first kappa shape index (κ1) is 6.77. The summed E-state index contributed by atoms with van der Waals surface area (Å²) in [6.07, 6.45) is 1.38. The number of hydrogen-bond acceptors (Lipinski definition) is 2. The van der Waals surface area contributed by atoms with Gasteiger partial charge in [-0.1, -0.05) is 0 Å². The van der Waals surface area contributed by atoms with E-state index in [1.165, 1.54) is 0 Å². The highest BCUT2D eigenvalue weighted by atomic mass is 127. The Balaban J connectivity index is 2.30. The summed E-state index contributed by atoms with van der Waals surface area (Å²) in [6.45, 7) is 0.853. The van der Waals surface area contributed by atoms with E-state index in [-0.39, 0.29) is 4.11 Å². The molecule has 1 fully saturated rings. The number of rotatable bonds is 1. The Morgan fingerprint density at radius 2 is 2.50 bits per heavy atom. The van der Waals surface area contributed by atoms with E-state index in [2.05, 4.69) is 22.6 Å². The van der Waals surface area contributed by atoms with Gasteiger partial charge in [-0.25, -0.2) is 0 Å². The molecule has 0 spiro atoms. The van der Waals surface area contributed by atoms with Crippen molar-refractivity contribution in [2.24, 2.45) is 0 Å². The van der Waals surface area contributed by atoms with Gasteiger partial charge >= 0.3 is 0 Å². The van der Waals surface area contributed by atoms with Crippen LogP contribution in [0.3, 0.4) is 0 Å². The van der Waals surface area contributed by atoms with Gasteiger partial charge in [0.2, 0.25) is 0 Å². The van der Waals surface area contributed by atoms with E-state index in [9.17, 15) is 0 Å². The molecule has 2 atom stereocenters. The molecule has 1 heterocycles. The lowest BCUT2D eigenvalue weighted by Crippen LogP contribution is -2.15. The fraction of sp³-hybridized carbons (Fsp3) is 1.00. The summed E-state index contributed by atoms with van der Waals surface area (Å²) in [7, 11) is 1.73. The van der Waals surface area contributed by atoms with Gasteiger partial charge in [-0.2, -0.15) is 0 Å². The van der Waals surface area contributed by atoms with Gasteiger partial charge in [-0.05, 0) is 22.6 Å². The largest absolute Gasteiger partial charge is 0.378 e. The molecule has 1 rings (SSSR count). The molecule has 3 heteroatoms. The first-order chi connectivity index (χ1) is 3.84. The third-order valence-corrected chi connectivity index (χ3v) is 2.44. The first-order valence-electron chi connectivity index (χ1n) is 2.63. The maximum atomic E-state index is 5.22. The molecule has 1 aliphatic rings. The van der Waals surface area contributed by atoms with E-state index in [1.807, 2.05) is 0 Å². The number of methoxy groups -OCH3 is 1. The zero-order valence-electron chi connectivity index (χ0n) is 4.76. The number of alkyl halides is 1. The van der Waals surface area contributed by atoms with E-state index in [0.29, 0.717) is 6.10 Å². The van der Waals surface area contributed by atoms with Gasteiger partial charge in [-0.15, -0.1) is 0 Å². The summed E-state index contributed by atoms with van der Waals surface area (Å²) in [6, 6.07) is 0. The van der Waals surface area contributed by atoms with Gasteiger partial charge in [0.05, 0.1) is 12.7 Å². The minimum atomic E-state index is 0.276. The highest BCUT2D eigenvalue weighted by molar-refractivity contribution is 14.1. The topological polar surface area (TPSA) is 18.5 Å². The quantitative estimate of drug-likeness (QED) is 0.495. The third-order valence-electron chi connectivity index (χ3n) is 1.27. The molecule has 0 amide bonds. The third kappa shape index (κ3) is 1.33. The summed E-state index contributed by atoms with van der Waals surface area (Å²) in [4.78, 5) is 0. The molecule has 0 aliphatic carbocycles. The molecular formula is C5H9IO2. The Kier molecular flexibility index (Phi) is 2.52. The van der Waals surface area contributed by atoms with Crippen LogP contribution >= 0.6 is 22.6 Å². The van der Waals surface area contributed by atoms with Crippen molar-refractivity contribution in [1.29, 1.82) is 0 Å². The molecule has 2 nitrogen and oxygen atoms in total. The molecule has 0 aromatic carbocycles. The molecule has 48 valence electrons. The van der Waals surface area contributed by atoms with Gasteiger partial charge in [0.25, 0.3) is 0 Å². The van der Waals surface area contributed by atoms with Crippen LogP contribution in [-0.2, 0) is 9.47 Å². The average molecular weight is 228 g/mol. The van der Waals surface area contributed by atoms with Gasteiger partial charge in [-0.3, -0.25) is 0 Å². The molecule has 0 aromatic rings. The second-order valence-corrected chi connectivity index (χ2v) is 3.01. The normalized spacial score (nSPS) is 38.2. The van der Waals surface area contributed by atoms with E-state index in [4.69, 9.17) is 9.47 Å². The van der Waals surface area contributed by atoms with Crippen molar-refractivity contribution in [3.05, 3.63) is 0 Å². The van der Waals surface area contributed by atoms with Crippen LogP contribution in [0.2, 0.25) is 0 Å². The highest BCUT2D eigenvalue weighted by Gasteiger charge is 2.24. The molecule has 0 radical (unpaired) electrons. The number of hydrogen-bond donors (Lipinski definition) is 0. The lowest BCUT2D eigenvalue weighted by atomic mass is 10.3. The van der Waals surface area contributed by atoms with Crippen molar-refractivity contribution in [3.63, 3.8) is 0 Å². The summed E-state index contributed by atoms with van der Waals surface area (Å²) in [5.74, 6) is 0. The van der Waals surface area contributed by atoms with Crippen molar-refractivity contribution >= 4 is 22.6 Å². The Labute approximate surface area is 62.7 Å². The Morgan fingerprint density at radius 1 is 1.75 bits per heavy atom. The van der Waals surface area contributed by atoms with Crippen LogP contribution in [0.1, 0.15) is 6.42 Å². The lowest BCUT2D eigenvalue weighted by molar-refractivity contribution is 0.0722. The molecule has 0 aromatic heterocycles. The van der Waals surface area contributed by atoms with Crippen LogP contribution in [0, 0.1) is 0 Å². The van der Waals surface area contributed by atoms with Gasteiger partial charge in [0, 0.05) is 13.5 Å². The fourth-order valence-corrected chi connectivity index (χ4v) is 1.67. The molecule has 1 aliphatic heterocycles. The Bertz CT molecular complexity index is 76.8. The second-order valence-electron chi connectivity index (χ2n) is 1.78. The van der Waals surface area contributed by atoms with Crippen LogP contribution in [-0.4, -0.2) is 23.9 Å². The SMILES string of the molecule is CO[C@H]1CCO[C@@H]1I. The summed E-state index contributed by atoms with van der Waals surface area (Å²) < 4.78 is 10.6. The monoisotopic (exact) mass is 228 g/mol. The van der Waals surface area contributed by atoms with Crippen LogP contribution in [0.25, 0.3) is 0 Å². The number of halogens is 1. The van der Waals surface area contributed by atoms with Gasteiger partial charge in [0.15, 0.2) is 0 Å². The van der Waals surface area contributed by atoms with E-state index in [0.717, 1.165) is 13.0 Å². The maximum Gasteiger partial charge on any atom is 0.134 e. The lowest BCUT2D eigenvalue weighted by Gasteiger charge is -2.08. The first-order valence-corrected chi connectivity index (χ1v) is 3.87. The van der Waals surface area contributed by atoms with E-state index >= 15 is 0 Å². The average Bonchev–Trinajstić information content (AvgIpc) is 2.14. The molecule has 0 N–H and O–H groups in total. The zero-order chi connectivity index (χ0) is 5.98. The van der Waals surface area contributed by atoms with Crippen LogP contribution in [0.4, 0.5) is 0 Å². The van der Waals surface area contributed by atoms with Crippen LogP contribution < -0.4 is 0 Å². The summed E-state index contributed by atoms with van der Waals surface area (Å²) in [5, 5.41) is 0. The van der Waals surface area contributed by atoms with Crippen molar-refractivity contribution in [2.45, 2.75) is 16.6 Å². The van der Waals surface area contributed by atoms with Gasteiger partial charge < -0.3 is 9.47 Å². The fourth-order valence-electron chi connectivity index (χ4n) is 0.760. The smallest absolute Gasteiger partial charge is 0.134 e. The maximum absolute atomic E-state index is 5.22. The molecule has 0 saturated carbocycles. The number of ether oxygens (including phenoxy) is 2. The van der Waals surface area contributed by atoms with Crippen molar-refractivity contribution in [3.8, 4) is 0 Å². The molecule has 8 heavy (non-hydrogen) atoms. The zero-order valence-corrected chi connectivity index (χ0v) is 6.92. The molecule has 0 unspecified atom stereocenters. The van der Waals surface area contributed by atoms with Crippen LogP contribution in [0.5, 0.6) is 0 Å². The molecule has 0 bridgehead atoms. The Morgan fingerprint density at radius 3 is 2.75 bits per heavy atom. The van der Waals surface area contributed by atoms with E-state index < -0.39 is 0 Å². The molecule has 1 saturated heterocycles. The van der Waals surface area contributed by atoms with Crippen molar-refractivity contribution in [1.82, 2.24) is 0 Å². The standard InChI is InChI=1S/C5H9IO2/c1-7-4-2-3-8-5(4)6/h4-5H,2-3H2,1H3/t4-,5-/m0/s1. The van der Waals surface area contributed by atoms with Gasteiger partial charge in [0.1, 0.15) is 4.11 Å². The summed E-state index contributed by atoms with van der Waals surface area (Å²) in [5.41, 5.74) is 0. The minimum Gasteiger partial charge on any atom is -0.378 e. The second kappa shape index (κ2) is 2.98. The Hall–Kier alpha value is 0.650.